The number of hydrogen-bond donors (Lipinski definition) is 0. The Balaban J connectivity index is 1.89. The summed E-state index contributed by atoms with van der Waals surface area (Å²) in [5.74, 6) is 1.35. The van der Waals surface area contributed by atoms with Crippen molar-refractivity contribution in [2.75, 3.05) is 19.6 Å². The highest BCUT2D eigenvalue weighted by molar-refractivity contribution is 6.29. The zero-order chi connectivity index (χ0) is 9.54. The van der Waals surface area contributed by atoms with Gasteiger partial charge in [0.15, 0.2) is 0 Å². The first-order valence-electron chi connectivity index (χ1n) is 5.03. The lowest BCUT2D eigenvalue weighted by Crippen LogP contribution is -2.22. The highest BCUT2D eigenvalue weighted by Gasteiger charge is 2.39. The second-order valence-electron chi connectivity index (χ2n) is 4.18. The second-order valence-corrected chi connectivity index (χ2v) is 4.57. The van der Waals surface area contributed by atoms with E-state index in [9.17, 15) is 0 Å². The molecule has 2 fully saturated rings. The molecule has 3 nitrogen and oxygen atoms in total. The summed E-state index contributed by atoms with van der Waals surface area (Å²) in [6, 6.07) is 0. The average Bonchev–Trinajstić information content (AvgIpc) is 2.78. The van der Waals surface area contributed by atoms with Crippen LogP contribution < -0.4 is 0 Å². The van der Waals surface area contributed by atoms with Gasteiger partial charge in [-0.1, -0.05) is 11.6 Å². The van der Waals surface area contributed by atoms with Crippen LogP contribution in [0.4, 0.5) is 0 Å². The van der Waals surface area contributed by atoms with Gasteiger partial charge in [-0.2, -0.15) is 0 Å². The first-order chi connectivity index (χ1) is 6.83. The molecule has 2 bridgehead atoms. The van der Waals surface area contributed by atoms with Crippen LogP contribution in [0.1, 0.15) is 18.0 Å². The third-order valence-corrected chi connectivity index (χ3v) is 3.52. The van der Waals surface area contributed by atoms with Gasteiger partial charge in [-0.3, -0.25) is 4.98 Å². The standard InChI is InChI=1S/C10H12ClN3/c11-10-4-12-3-9(13-10)8-6-14-2-1-7(8)5-14/h3-4,7-8H,1-2,5-6H2/t7-,8+/m0/s1. The van der Waals surface area contributed by atoms with Crippen molar-refractivity contribution in [3.8, 4) is 0 Å². The largest absolute Gasteiger partial charge is 0.302 e. The van der Waals surface area contributed by atoms with Gasteiger partial charge in [0.25, 0.3) is 0 Å². The molecule has 0 N–H and O–H groups in total. The molecule has 0 aliphatic carbocycles. The van der Waals surface area contributed by atoms with Crippen LogP contribution in [0.25, 0.3) is 0 Å². The van der Waals surface area contributed by atoms with Crippen molar-refractivity contribution < 1.29 is 0 Å². The van der Waals surface area contributed by atoms with E-state index < -0.39 is 0 Å². The van der Waals surface area contributed by atoms with Crippen LogP contribution in [0.15, 0.2) is 12.4 Å². The molecule has 14 heavy (non-hydrogen) atoms. The molecule has 0 spiro atoms. The van der Waals surface area contributed by atoms with Crippen LogP contribution in [-0.4, -0.2) is 34.5 Å². The molecule has 2 aliphatic rings. The summed E-state index contributed by atoms with van der Waals surface area (Å²) in [6.45, 7) is 3.63. The number of piperidine rings is 1. The number of fused-ring (bicyclic) bond motifs is 2. The Morgan fingerprint density at radius 2 is 2.29 bits per heavy atom. The van der Waals surface area contributed by atoms with Crippen molar-refractivity contribution in [3.05, 3.63) is 23.2 Å². The zero-order valence-electron chi connectivity index (χ0n) is 7.86. The summed E-state index contributed by atoms with van der Waals surface area (Å²) in [5, 5.41) is 0.514. The lowest BCUT2D eigenvalue weighted by atomic mass is 9.90. The van der Waals surface area contributed by atoms with Crippen LogP contribution >= 0.6 is 11.6 Å². The molecule has 1 unspecified atom stereocenters. The van der Waals surface area contributed by atoms with E-state index in [1.807, 2.05) is 6.20 Å². The predicted molar refractivity (Wildman–Crippen MR) is 54.3 cm³/mol. The summed E-state index contributed by atoms with van der Waals surface area (Å²) >= 11 is 5.84. The Kier molecular flexibility index (Phi) is 1.96. The fourth-order valence-electron chi connectivity index (χ4n) is 2.65. The zero-order valence-corrected chi connectivity index (χ0v) is 8.61. The normalized spacial score (nSPS) is 35.1. The minimum Gasteiger partial charge on any atom is -0.302 e. The van der Waals surface area contributed by atoms with Gasteiger partial charge in [-0.25, -0.2) is 4.98 Å². The third-order valence-electron chi connectivity index (χ3n) is 3.34. The number of aromatic nitrogens is 2. The minimum absolute atomic E-state index is 0.514. The number of hydrogen-bond acceptors (Lipinski definition) is 3. The van der Waals surface area contributed by atoms with Gasteiger partial charge in [0, 0.05) is 25.2 Å². The fourth-order valence-corrected chi connectivity index (χ4v) is 2.81. The van der Waals surface area contributed by atoms with E-state index in [0.29, 0.717) is 11.1 Å². The Bertz CT molecular complexity index is 355. The molecule has 0 aromatic carbocycles. The topological polar surface area (TPSA) is 29.0 Å². The SMILES string of the molecule is Clc1cncc([C@@H]2CN3CC[C@H]2C3)n1. The molecule has 0 saturated carbocycles. The molecule has 0 radical (unpaired) electrons. The second kappa shape index (κ2) is 3.17. The molecule has 4 heteroatoms. The van der Waals surface area contributed by atoms with E-state index >= 15 is 0 Å². The van der Waals surface area contributed by atoms with Crippen LogP contribution in [0, 0.1) is 5.92 Å². The molecule has 3 atom stereocenters. The van der Waals surface area contributed by atoms with Crippen LogP contribution in [0.2, 0.25) is 5.15 Å². The van der Waals surface area contributed by atoms with Gasteiger partial charge < -0.3 is 4.90 Å². The van der Waals surface area contributed by atoms with Crippen molar-refractivity contribution in [1.29, 1.82) is 0 Å². The monoisotopic (exact) mass is 209 g/mol. The van der Waals surface area contributed by atoms with Crippen molar-refractivity contribution in [2.24, 2.45) is 5.92 Å². The van der Waals surface area contributed by atoms with E-state index in [0.717, 1.165) is 18.2 Å². The maximum Gasteiger partial charge on any atom is 0.147 e. The molecular formula is C10H12ClN3. The Morgan fingerprint density at radius 3 is 2.93 bits per heavy atom. The summed E-state index contributed by atoms with van der Waals surface area (Å²) in [7, 11) is 0. The van der Waals surface area contributed by atoms with Gasteiger partial charge in [-0.15, -0.1) is 0 Å². The highest BCUT2D eigenvalue weighted by atomic mass is 35.5. The maximum absolute atomic E-state index is 5.84. The van der Waals surface area contributed by atoms with Crippen molar-refractivity contribution in [3.63, 3.8) is 0 Å². The van der Waals surface area contributed by atoms with E-state index in [1.54, 1.807) is 6.20 Å². The molecular weight excluding hydrogens is 198 g/mol. The minimum atomic E-state index is 0.514. The summed E-state index contributed by atoms with van der Waals surface area (Å²) in [5.41, 5.74) is 1.07. The van der Waals surface area contributed by atoms with Gasteiger partial charge in [0.2, 0.25) is 0 Å². The van der Waals surface area contributed by atoms with E-state index in [2.05, 4.69) is 14.9 Å². The molecule has 2 saturated heterocycles. The Morgan fingerprint density at radius 1 is 1.36 bits per heavy atom. The molecule has 1 aromatic rings. The summed E-state index contributed by atoms with van der Waals surface area (Å²) in [6.07, 6.45) is 4.76. The van der Waals surface area contributed by atoms with Crippen LogP contribution in [0.5, 0.6) is 0 Å². The van der Waals surface area contributed by atoms with Gasteiger partial charge in [0.1, 0.15) is 5.15 Å². The maximum atomic E-state index is 5.84. The first kappa shape index (κ1) is 8.62. The first-order valence-corrected chi connectivity index (χ1v) is 5.40. The number of nitrogens with zero attached hydrogens (tertiary/aromatic N) is 3. The Labute approximate surface area is 88.1 Å². The summed E-state index contributed by atoms with van der Waals surface area (Å²) in [4.78, 5) is 10.9. The number of halogens is 1. The predicted octanol–water partition coefficient (Wildman–Crippen LogP) is 1.55. The lowest BCUT2D eigenvalue weighted by Gasteiger charge is -2.20. The highest BCUT2D eigenvalue weighted by Crippen LogP contribution is 2.38. The molecule has 3 heterocycles. The molecule has 0 amide bonds. The number of rotatable bonds is 1. The molecule has 74 valence electrons. The van der Waals surface area contributed by atoms with E-state index in [1.165, 1.54) is 19.5 Å². The van der Waals surface area contributed by atoms with Crippen LogP contribution in [-0.2, 0) is 0 Å². The molecule has 1 aromatic heterocycles. The van der Waals surface area contributed by atoms with E-state index in [4.69, 9.17) is 11.6 Å². The van der Waals surface area contributed by atoms with Crippen molar-refractivity contribution in [2.45, 2.75) is 12.3 Å². The van der Waals surface area contributed by atoms with Crippen LogP contribution in [0.3, 0.4) is 0 Å². The molecule has 2 aliphatic heterocycles. The van der Waals surface area contributed by atoms with Gasteiger partial charge >= 0.3 is 0 Å². The smallest absolute Gasteiger partial charge is 0.147 e. The lowest BCUT2D eigenvalue weighted by molar-refractivity contribution is 0.343. The van der Waals surface area contributed by atoms with Gasteiger partial charge in [0.05, 0.1) is 11.9 Å². The van der Waals surface area contributed by atoms with Gasteiger partial charge in [-0.05, 0) is 18.9 Å². The quantitative estimate of drug-likeness (QED) is 0.703. The third kappa shape index (κ3) is 1.31. The van der Waals surface area contributed by atoms with E-state index in [-0.39, 0.29) is 0 Å². The fraction of sp³-hybridized carbons (Fsp3) is 0.600. The molecule has 3 rings (SSSR count). The van der Waals surface area contributed by atoms with Crippen molar-refractivity contribution in [1.82, 2.24) is 14.9 Å². The van der Waals surface area contributed by atoms with Crippen molar-refractivity contribution >= 4 is 11.6 Å². The Hall–Kier alpha value is -0.670. The summed E-state index contributed by atoms with van der Waals surface area (Å²) < 4.78 is 0. The average molecular weight is 210 g/mol.